The fourth-order valence-electron chi connectivity index (χ4n) is 3.07. The SMILES string of the molecule is COC(=O)CC(NC(=O)OC(C)(C)C)[C@H]1O[C@@H]2OC(C)(C)O[C@@H]2[C@@H]1OC. The summed E-state index contributed by atoms with van der Waals surface area (Å²) in [7, 11) is 2.79. The Bertz CT molecular complexity index is 529. The lowest BCUT2D eigenvalue weighted by molar-refractivity contribution is -0.220. The van der Waals surface area contributed by atoms with Gasteiger partial charge < -0.3 is 33.7 Å². The van der Waals surface area contributed by atoms with Crippen molar-refractivity contribution in [3.63, 3.8) is 0 Å². The highest BCUT2D eigenvalue weighted by molar-refractivity contribution is 5.73. The van der Waals surface area contributed by atoms with Crippen molar-refractivity contribution in [2.24, 2.45) is 0 Å². The van der Waals surface area contributed by atoms with Crippen LogP contribution in [0, 0.1) is 0 Å². The molecule has 5 atom stereocenters. The maximum atomic E-state index is 12.2. The van der Waals surface area contributed by atoms with E-state index in [1.165, 1.54) is 14.2 Å². The lowest BCUT2D eigenvalue weighted by atomic mass is 10.0. The van der Waals surface area contributed by atoms with Gasteiger partial charge in [0, 0.05) is 7.11 Å². The second kappa shape index (κ2) is 7.67. The molecule has 2 saturated heterocycles. The predicted molar refractivity (Wildman–Crippen MR) is 89.3 cm³/mol. The zero-order valence-corrected chi connectivity index (χ0v) is 16.4. The van der Waals surface area contributed by atoms with Crippen molar-refractivity contribution >= 4 is 12.1 Å². The molecule has 0 bridgehead atoms. The van der Waals surface area contributed by atoms with Crippen LogP contribution in [0.15, 0.2) is 0 Å². The van der Waals surface area contributed by atoms with Gasteiger partial charge in [-0.2, -0.15) is 0 Å². The zero-order valence-electron chi connectivity index (χ0n) is 16.4. The number of hydrogen-bond donors (Lipinski definition) is 1. The summed E-state index contributed by atoms with van der Waals surface area (Å²) in [4.78, 5) is 24.0. The first-order valence-corrected chi connectivity index (χ1v) is 8.56. The fraction of sp³-hybridized carbons (Fsp3) is 0.882. The lowest BCUT2D eigenvalue weighted by Crippen LogP contribution is -2.52. The average Bonchev–Trinajstić information content (AvgIpc) is 2.95. The van der Waals surface area contributed by atoms with Crippen molar-refractivity contribution in [2.75, 3.05) is 14.2 Å². The normalized spacial score (nSPS) is 31.2. The molecule has 2 fully saturated rings. The first-order valence-electron chi connectivity index (χ1n) is 8.56. The van der Waals surface area contributed by atoms with E-state index in [2.05, 4.69) is 5.32 Å². The number of alkyl carbamates (subject to hydrolysis) is 1. The van der Waals surface area contributed by atoms with Crippen LogP contribution >= 0.6 is 0 Å². The summed E-state index contributed by atoms with van der Waals surface area (Å²) in [6.45, 7) is 8.81. The van der Waals surface area contributed by atoms with Gasteiger partial charge in [-0.25, -0.2) is 4.79 Å². The summed E-state index contributed by atoms with van der Waals surface area (Å²) in [5.41, 5.74) is -0.677. The number of hydrogen-bond acceptors (Lipinski definition) is 8. The molecule has 1 amide bonds. The molecule has 2 aliphatic rings. The van der Waals surface area contributed by atoms with Crippen LogP contribution in [0.4, 0.5) is 4.79 Å². The van der Waals surface area contributed by atoms with E-state index in [0.29, 0.717) is 0 Å². The molecule has 9 heteroatoms. The highest BCUT2D eigenvalue weighted by atomic mass is 16.8. The molecule has 9 nitrogen and oxygen atoms in total. The number of carbonyl (C=O) groups excluding carboxylic acids is 2. The van der Waals surface area contributed by atoms with Crippen molar-refractivity contribution in [2.45, 2.75) is 83.1 Å². The number of carbonyl (C=O) groups is 2. The van der Waals surface area contributed by atoms with Crippen LogP contribution in [-0.2, 0) is 33.2 Å². The Hall–Kier alpha value is -1.42. The van der Waals surface area contributed by atoms with Crippen LogP contribution in [0.25, 0.3) is 0 Å². The Kier molecular flexibility index (Phi) is 6.17. The van der Waals surface area contributed by atoms with Crippen LogP contribution in [-0.4, -0.2) is 68.3 Å². The number of rotatable bonds is 5. The number of amides is 1. The topological polar surface area (TPSA) is 102 Å². The third-order valence-corrected chi connectivity index (χ3v) is 4.01. The van der Waals surface area contributed by atoms with Crippen molar-refractivity contribution < 1.29 is 38.0 Å². The molecule has 0 aromatic carbocycles. The highest BCUT2D eigenvalue weighted by Gasteiger charge is 2.57. The molecule has 0 spiro atoms. The Balaban J connectivity index is 2.14. The number of nitrogens with one attached hydrogen (secondary N) is 1. The standard InChI is InChI=1S/C17H29NO8/c1-16(2,3)26-15(20)18-9(8-10(19)21-6)11-12(22-7)13-14(23-11)25-17(4,5)24-13/h9,11-14H,8H2,1-7H3,(H,18,20)/t9?,11-,12-,13-,14-/m1/s1. The van der Waals surface area contributed by atoms with Crippen LogP contribution < -0.4 is 5.32 Å². The van der Waals surface area contributed by atoms with E-state index in [4.69, 9.17) is 28.4 Å². The molecule has 2 heterocycles. The summed E-state index contributed by atoms with van der Waals surface area (Å²) < 4.78 is 33.0. The predicted octanol–water partition coefficient (Wildman–Crippen LogP) is 1.33. The molecular weight excluding hydrogens is 346 g/mol. The number of fused-ring (bicyclic) bond motifs is 1. The van der Waals surface area contributed by atoms with Gasteiger partial charge in [-0.05, 0) is 34.6 Å². The third-order valence-electron chi connectivity index (χ3n) is 4.01. The van der Waals surface area contributed by atoms with Crippen molar-refractivity contribution in [1.29, 1.82) is 0 Å². The summed E-state index contributed by atoms with van der Waals surface area (Å²) in [6, 6.07) is -0.733. The minimum absolute atomic E-state index is 0.108. The van der Waals surface area contributed by atoms with Gasteiger partial charge in [0.15, 0.2) is 12.1 Å². The zero-order chi connectivity index (χ0) is 19.7. The van der Waals surface area contributed by atoms with Gasteiger partial charge in [-0.15, -0.1) is 0 Å². The Morgan fingerprint density at radius 3 is 2.38 bits per heavy atom. The molecule has 0 radical (unpaired) electrons. The van der Waals surface area contributed by atoms with Gasteiger partial charge in [0.25, 0.3) is 0 Å². The molecule has 1 N–H and O–H groups in total. The molecule has 0 aromatic heterocycles. The Labute approximate surface area is 153 Å². The average molecular weight is 375 g/mol. The minimum atomic E-state index is -0.798. The van der Waals surface area contributed by atoms with E-state index in [0.717, 1.165) is 0 Å². The number of ether oxygens (including phenoxy) is 6. The molecule has 150 valence electrons. The summed E-state index contributed by atoms with van der Waals surface area (Å²) in [5, 5.41) is 2.68. The van der Waals surface area contributed by atoms with E-state index in [9.17, 15) is 9.59 Å². The maximum absolute atomic E-state index is 12.2. The van der Waals surface area contributed by atoms with Crippen molar-refractivity contribution in [3.05, 3.63) is 0 Å². The summed E-state index contributed by atoms with van der Waals surface area (Å²) in [6.07, 6.45) is -3.10. The quantitative estimate of drug-likeness (QED) is 0.718. The molecule has 0 saturated carbocycles. The van der Waals surface area contributed by atoms with Crippen molar-refractivity contribution in [3.8, 4) is 0 Å². The largest absolute Gasteiger partial charge is 0.469 e. The first kappa shape index (κ1) is 20.9. The second-order valence-corrected chi connectivity index (χ2v) is 7.80. The first-order chi connectivity index (χ1) is 12.0. The molecule has 1 unspecified atom stereocenters. The second-order valence-electron chi connectivity index (χ2n) is 7.80. The van der Waals surface area contributed by atoms with Crippen LogP contribution in [0.2, 0.25) is 0 Å². The van der Waals surface area contributed by atoms with E-state index in [1.807, 2.05) is 0 Å². The smallest absolute Gasteiger partial charge is 0.407 e. The number of methoxy groups -OCH3 is 2. The number of esters is 1. The fourth-order valence-corrected chi connectivity index (χ4v) is 3.07. The monoisotopic (exact) mass is 375 g/mol. The molecule has 2 rings (SSSR count). The summed E-state index contributed by atoms with van der Waals surface area (Å²) >= 11 is 0. The Morgan fingerprint density at radius 2 is 1.85 bits per heavy atom. The van der Waals surface area contributed by atoms with Gasteiger partial charge in [0.05, 0.1) is 19.6 Å². The maximum Gasteiger partial charge on any atom is 0.407 e. The summed E-state index contributed by atoms with van der Waals surface area (Å²) in [5.74, 6) is -1.29. The van der Waals surface area contributed by atoms with Gasteiger partial charge in [0.2, 0.25) is 0 Å². The van der Waals surface area contributed by atoms with Gasteiger partial charge >= 0.3 is 12.1 Å². The lowest BCUT2D eigenvalue weighted by Gasteiger charge is -2.31. The highest BCUT2D eigenvalue weighted by Crippen LogP contribution is 2.39. The van der Waals surface area contributed by atoms with E-state index in [1.54, 1.807) is 34.6 Å². The molecule has 26 heavy (non-hydrogen) atoms. The van der Waals surface area contributed by atoms with E-state index >= 15 is 0 Å². The third kappa shape index (κ3) is 5.06. The van der Waals surface area contributed by atoms with Crippen molar-refractivity contribution in [1.82, 2.24) is 5.32 Å². The van der Waals surface area contributed by atoms with Crippen LogP contribution in [0.5, 0.6) is 0 Å². The molecule has 0 aliphatic carbocycles. The van der Waals surface area contributed by atoms with Gasteiger partial charge in [-0.3, -0.25) is 4.79 Å². The molecule has 0 aromatic rings. The minimum Gasteiger partial charge on any atom is -0.469 e. The van der Waals surface area contributed by atoms with Crippen LogP contribution in [0.3, 0.4) is 0 Å². The van der Waals surface area contributed by atoms with Crippen LogP contribution in [0.1, 0.15) is 41.0 Å². The molecular formula is C17H29NO8. The van der Waals surface area contributed by atoms with E-state index in [-0.39, 0.29) is 6.42 Å². The van der Waals surface area contributed by atoms with Gasteiger partial charge in [-0.1, -0.05) is 0 Å². The Morgan fingerprint density at radius 1 is 1.19 bits per heavy atom. The van der Waals surface area contributed by atoms with Gasteiger partial charge in [0.1, 0.15) is 23.9 Å². The molecule has 2 aliphatic heterocycles. The van der Waals surface area contributed by atoms with E-state index < -0.39 is 54.1 Å².